The number of carbonyl (C=O) groups is 1. The molecule has 1 aliphatic rings. The first kappa shape index (κ1) is 13.0. The normalized spacial score (nSPS) is 19.3. The minimum absolute atomic E-state index is 0.194. The number of carboxylic acids is 1. The average molecular weight is 270 g/mol. The molecule has 7 heteroatoms. The van der Waals surface area contributed by atoms with Gasteiger partial charge >= 0.3 is 5.97 Å². The fourth-order valence-corrected chi connectivity index (χ4v) is 2.73. The second kappa shape index (κ2) is 4.68. The lowest BCUT2D eigenvalue weighted by molar-refractivity contribution is -0.139. The van der Waals surface area contributed by atoms with E-state index in [1.54, 1.807) is 12.1 Å². The van der Waals surface area contributed by atoms with Crippen molar-refractivity contribution in [3.63, 3.8) is 0 Å². The molecule has 0 spiro atoms. The number of nitrogens with one attached hydrogen (secondary N) is 2. The van der Waals surface area contributed by atoms with Crippen LogP contribution in [-0.4, -0.2) is 32.6 Å². The van der Waals surface area contributed by atoms with Gasteiger partial charge < -0.3 is 10.4 Å². The second-order valence-electron chi connectivity index (χ2n) is 4.11. The minimum atomic E-state index is -3.46. The van der Waals surface area contributed by atoms with Crippen molar-refractivity contribution >= 4 is 16.0 Å². The van der Waals surface area contributed by atoms with Crippen LogP contribution in [0.2, 0.25) is 0 Å². The van der Waals surface area contributed by atoms with Gasteiger partial charge in [0.05, 0.1) is 4.90 Å². The fourth-order valence-electron chi connectivity index (χ4n) is 1.95. The summed E-state index contributed by atoms with van der Waals surface area (Å²) in [4.78, 5) is 11.1. The number of aliphatic carboxylic acids is 1. The Labute approximate surface area is 105 Å². The molecule has 0 saturated carbocycles. The number of benzene rings is 1. The third-order valence-corrected chi connectivity index (χ3v) is 4.43. The number of rotatable bonds is 3. The van der Waals surface area contributed by atoms with Crippen molar-refractivity contribution in [3.8, 4) is 0 Å². The van der Waals surface area contributed by atoms with E-state index >= 15 is 0 Å². The Bertz CT molecular complexity index is 583. The fraction of sp³-hybridized carbons (Fsp3) is 0.364. The lowest BCUT2D eigenvalue weighted by Gasteiger charge is -2.23. The quantitative estimate of drug-likeness (QED) is 0.700. The Kier molecular flexibility index (Phi) is 3.38. The summed E-state index contributed by atoms with van der Waals surface area (Å²) in [5.74, 6) is -0.896. The van der Waals surface area contributed by atoms with E-state index in [2.05, 4.69) is 10.0 Å². The number of hydrogen-bond donors (Lipinski definition) is 3. The highest BCUT2D eigenvalue weighted by atomic mass is 32.2. The summed E-state index contributed by atoms with van der Waals surface area (Å²) in [7, 11) is -2.10. The standard InChI is InChI=1S/C11H14N2O4S/c1-12-18(16,17)9-3-2-7-5-10(11(14)15)13-6-8(7)4-9/h2-4,10,12-13H,5-6H2,1H3,(H,14,15)/t10-/m0/s1. The molecule has 0 amide bonds. The largest absolute Gasteiger partial charge is 0.480 e. The van der Waals surface area contributed by atoms with Crippen LogP contribution in [0.5, 0.6) is 0 Å². The summed E-state index contributed by atoms with van der Waals surface area (Å²) >= 11 is 0. The Morgan fingerprint density at radius 1 is 1.44 bits per heavy atom. The van der Waals surface area contributed by atoms with Gasteiger partial charge in [0.2, 0.25) is 10.0 Å². The van der Waals surface area contributed by atoms with Crippen LogP contribution in [0, 0.1) is 0 Å². The van der Waals surface area contributed by atoms with Crippen molar-refractivity contribution in [2.45, 2.75) is 23.9 Å². The number of hydrogen-bond acceptors (Lipinski definition) is 4. The van der Waals surface area contributed by atoms with Crippen molar-refractivity contribution in [1.29, 1.82) is 0 Å². The number of carboxylic acid groups (broad SMARTS) is 1. The van der Waals surface area contributed by atoms with E-state index in [4.69, 9.17) is 5.11 Å². The molecular weight excluding hydrogens is 256 g/mol. The van der Waals surface area contributed by atoms with Gasteiger partial charge in [-0.1, -0.05) is 6.07 Å². The van der Waals surface area contributed by atoms with Gasteiger partial charge in [-0.15, -0.1) is 0 Å². The zero-order valence-electron chi connectivity index (χ0n) is 9.80. The summed E-state index contributed by atoms with van der Waals surface area (Å²) in [5, 5.41) is 11.8. The maximum absolute atomic E-state index is 11.6. The first-order valence-corrected chi connectivity index (χ1v) is 6.94. The zero-order chi connectivity index (χ0) is 13.3. The predicted molar refractivity (Wildman–Crippen MR) is 64.7 cm³/mol. The SMILES string of the molecule is CNS(=O)(=O)c1ccc2c(c1)CN[C@H](C(=O)O)C2. The molecule has 3 N–H and O–H groups in total. The van der Waals surface area contributed by atoms with Crippen molar-refractivity contribution in [2.24, 2.45) is 0 Å². The van der Waals surface area contributed by atoms with Gasteiger partial charge in [0.1, 0.15) is 6.04 Å². The summed E-state index contributed by atoms with van der Waals surface area (Å²) in [6.07, 6.45) is 0.366. The van der Waals surface area contributed by atoms with Crippen LogP contribution in [-0.2, 0) is 27.8 Å². The molecule has 6 nitrogen and oxygen atoms in total. The van der Waals surface area contributed by atoms with Crippen molar-refractivity contribution in [3.05, 3.63) is 29.3 Å². The molecule has 1 aliphatic heterocycles. The Hall–Kier alpha value is -1.44. The summed E-state index contributed by atoms with van der Waals surface area (Å²) in [6, 6.07) is 4.14. The van der Waals surface area contributed by atoms with Crippen LogP contribution in [0.25, 0.3) is 0 Å². The smallest absolute Gasteiger partial charge is 0.321 e. The van der Waals surface area contributed by atoms with Gasteiger partial charge in [-0.05, 0) is 36.7 Å². The van der Waals surface area contributed by atoms with E-state index in [1.165, 1.54) is 13.1 Å². The van der Waals surface area contributed by atoms with Crippen molar-refractivity contribution in [1.82, 2.24) is 10.0 Å². The summed E-state index contributed by atoms with van der Waals surface area (Å²) in [6.45, 7) is 0.360. The van der Waals surface area contributed by atoms with E-state index in [0.29, 0.717) is 13.0 Å². The topological polar surface area (TPSA) is 95.5 Å². The molecule has 0 aromatic heterocycles. The molecule has 0 saturated heterocycles. The summed E-state index contributed by atoms with van der Waals surface area (Å²) < 4.78 is 25.5. The summed E-state index contributed by atoms with van der Waals surface area (Å²) in [5.41, 5.74) is 1.69. The number of fused-ring (bicyclic) bond motifs is 1. The first-order chi connectivity index (χ1) is 8.44. The monoisotopic (exact) mass is 270 g/mol. The van der Waals surface area contributed by atoms with Crippen LogP contribution in [0.1, 0.15) is 11.1 Å². The lowest BCUT2D eigenvalue weighted by atomic mass is 9.96. The molecule has 1 atom stereocenters. The maximum Gasteiger partial charge on any atom is 0.321 e. The highest BCUT2D eigenvalue weighted by Gasteiger charge is 2.24. The molecule has 0 bridgehead atoms. The van der Waals surface area contributed by atoms with E-state index in [9.17, 15) is 13.2 Å². The van der Waals surface area contributed by atoms with Crippen LogP contribution >= 0.6 is 0 Å². The molecule has 1 aromatic carbocycles. The van der Waals surface area contributed by atoms with E-state index < -0.39 is 22.0 Å². The molecule has 98 valence electrons. The highest BCUT2D eigenvalue weighted by molar-refractivity contribution is 7.89. The van der Waals surface area contributed by atoms with Gasteiger partial charge in [0, 0.05) is 6.54 Å². The van der Waals surface area contributed by atoms with Crippen LogP contribution < -0.4 is 10.0 Å². The molecule has 0 fully saturated rings. The molecule has 0 unspecified atom stereocenters. The molecule has 0 radical (unpaired) electrons. The van der Waals surface area contributed by atoms with E-state index in [0.717, 1.165) is 11.1 Å². The minimum Gasteiger partial charge on any atom is -0.480 e. The Balaban J connectivity index is 2.34. The third kappa shape index (κ3) is 2.38. The molecule has 18 heavy (non-hydrogen) atoms. The molecular formula is C11H14N2O4S. The van der Waals surface area contributed by atoms with Gasteiger partial charge in [-0.25, -0.2) is 13.1 Å². The third-order valence-electron chi connectivity index (χ3n) is 3.02. The molecule has 0 aliphatic carbocycles. The van der Waals surface area contributed by atoms with E-state index in [-0.39, 0.29) is 4.90 Å². The average Bonchev–Trinajstić information content (AvgIpc) is 2.37. The predicted octanol–water partition coefficient (Wildman–Crippen LogP) is -0.306. The Morgan fingerprint density at radius 2 is 2.17 bits per heavy atom. The second-order valence-corrected chi connectivity index (χ2v) is 6.00. The molecule has 1 aromatic rings. The first-order valence-electron chi connectivity index (χ1n) is 5.45. The zero-order valence-corrected chi connectivity index (χ0v) is 10.6. The number of sulfonamides is 1. The molecule has 1 heterocycles. The van der Waals surface area contributed by atoms with Crippen molar-refractivity contribution in [2.75, 3.05) is 7.05 Å². The van der Waals surface area contributed by atoms with E-state index in [1.807, 2.05) is 0 Å². The van der Waals surface area contributed by atoms with Crippen molar-refractivity contribution < 1.29 is 18.3 Å². The van der Waals surface area contributed by atoms with Gasteiger partial charge in [0.15, 0.2) is 0 Å². The maximum atomic E-state index is 11.6. The van der Waals surface area contributed by atoms with Gasteiger partial charge in [-0.3, -0.25) is 4.79 Å². The Morgan fingerprint density at radius 3 is 2.78 bits per heavy atom. The van der Waals surface area contributed by atoms with Crippen LogP contribution in [0.3, 0.4) is 0 Å². The van der Waals surface area contributed by atoms with Crippen LogP contribution in [0.15, 0.2) is 23.1 Å². The lowest BCUT2D eigenvalue weighted by Crippen LogP contribution is -2.41. The van der Waals surface area contributed by atoms with Crippen LogP contribution in [0.4, 0.5) is 0 Å². The highest BCUT2D eigenvalue weighted by Crippen LogP contribution is 2.20. The van der Waals surface area contributed by atoms with Gasteiger partial charge in [0.25, 0.3) is 0 Å². The van der Waals surface area contributed by atoms with Gasteiger partial charge in [-0.2, -0.15) is 0 Å². The molecule has 2 rings (SSSR count).